The molecule has 0 aliphatic heterocycles. The molecule has 0 spiro atoms. The Labute approximate surface area is 183 Å². The Bertz CT molecular complexity index is 1110. The van der Waals surface area contributed by atoms with Crippen LogP contribution in [0.1, 0.15) is 54.8 Å². The topological polar surface area (TPSA) is 56.1 Å². The lowest BCUT2D eigenvalue weighted by Gasteiger charge is -2.26. The number of benzene rings is 1. The van der Waals surface area contributed by atoms with E-state index in [2.05, 4.69) is 34.1 Å². The van der Waals surface area contributed by atoms with Gasteiger partial charge in [0.2, 0.25) is 0 Å². The van der Waals surface area contributed by atoms with Crippen molar-refractivity contribution in [2.75, 3.05) is 19.0 Å². The summed E-state index contributed by atoms with van der Waals surface area (Å²) in [5.74, 6) is 0.444. The van der Waals surface area contributed by atoms with Crippen molar-refractivity contribution in [1.29, 1.82) is 0 Å². The monoisotopic (exact) mass is 417 g/mol. The average molecular weight is 418 g/mol. The van der Waals surface area contributed by atoms with Crippen molar-refractivity contribution in [2.45, 2.75) is 63.5 Å². The summed E-state index contributed by atoms with van der Waals surface area (Å²) in [5, 5.41) is 4.30. The Hall–Kier alpha value is -2.66. The van der Waals surface area contributed by atoms with Crippen molar-refractivity contribution in [2.24, 2.45) is 0 Å². The van der Waals surface area contributed by atoms with Gasteiger partial charge in [0.1, 0.15) is 5.65 Å². The minimum atomic E-state index is 0.0788. The van der Waals surface area contributed by atoms with Gasteiger partial charge in [0.15, 0.2) is 5.43 Å². The van der Waals surface area contributed by atoms with Gasteiger partial charge in [0.25, 0.3) is 0 Å². The Morgan fingerprint density at radius 2 is 1.84 bits per heavy atom. The molecule has 0 radical (unpaired) electrons. The van der Waals surface area contributed by atoms with E-state index in [0.29, 0.717) is 24.0 Å². The van der Waals surface area contributed by atoms with Crippen LogP contribution in [0.5, 0.6) is 0 Å². The maximum absolute atomic E-state index is 13.1. The van der Waals surface area contributed by atoms with E-state index in [4.69, 9.17) is 9.72 Å². The summed E-state index contributed by atoms with van der Waals surface area (Å²) in [6.07, 6.45) is 9.98. The summed E-state index contributed by atoms with van der Waals surface area (Å²) in [4.78, 5) is 17.9. The summed E-state index contributed by atoms with van der Waals surface area (Å²) in [6.45, 7) is 1.33. The van der Waals surface area contributed by atoms with Gasteiger partial charge in [-0.15, -0.1) is 0 Å². The first-order chi connectivity index (χ1) is 15.2. The molecule has 1 N–H and O–H groups in total. The molecular weight excluding hydrogens is 386 g/mol. The fraction of sp³-hybridized carbons (Fsp3) is 0.462. The number of rotatable bonds is 6. The molecule has 1 fully saturated rings. The van der Waals surface area contributed by atoms with Crippen LogP contribution in [0.4, 0.5) is 5.69 Å². The van der Waals surface area contributed by atoms with Crippen molar-refractivity contribution in [3.8, 4) is 0 Å². The molecule has 0 unspecified atom stereocenters. The van der Waals surface area contributed by atoms with Crippen LogP contribution in [-0.4, -0.2) is 29.3 Å². The van der Waals surface area contributed by atoms with Crippen molar-refractivity contribution in [1.82, 2.24) is 9.55 Å². The molecule has 5 nitrogen and oxygen atoms in total. The number of aromatic nitrogens is 2. The minimum absolute atomic E-state index is 0.0788. The second-order valence-corrected chi connectivity index (χ2v) is 9.03. The van der Waals surface area contributed by atoms with E-state index in [1.165, 1.54) is 30.4 Å². The third kappa shape index (κ3) is 4.11. The predicted octanol–water partition coefficient (Wildman–Crippen LogP) is 4.67. The number of nitrogens with zero attached hydrogens (tertiary/aromatic N) is 2. The second kappa shape index (κ2) is 8.83. The van der Waals surface area contributed by atoms with Gasteiger partial charge in [-0.2, -0.15) is 0 Å². The first-order valence-corrected chi connectivity index (χ1v) is 11.6. The minimum Gasteiger partial charge on any atom is -0.383 e. The van der Waals surface area contributed by atoms with Crippen LogP contribution >= 0.6 is 0 Å². The Morgan fingerprint density at radius 3 is 2.55 bits per heavy atom. The van der Waals surface area contributed by atoms with Crippen LogP contribution in [0.3, 0.4) is 0 Å². The first kappa shape index (κ1) is 20.3. The normalized spacial score (nSPS) is 17.2. The number of methoxy groups -OCH3 is 1. The van der Waals surface area contributed by atoms with E-state index < -0.39 is 0 Å². The number of nitrogens with one attached hydrogen (secondary N) is 1. The lowest BCUT2D eigenvalue weighted by atomic mass is 9.86. The quantitative estimate of drug-likeness (QED) is 0.633. The summed E-state index contributed by atoms with van der Waals surface area (Å²) >= 11 is 0. The SMILES string of the molecule is COCCn1c(C2CCCCC2)cc(=O)c2cc(NC3Cc4ccccc4C3)cnc21. The van der Waals surface area contributed by atoms with Gasteiger partial charge >= 0.3 is 0 Å². The van der Waals surface area contributed by atoms with Gasteiger partial charge in [0, 0.05) is 31.5 Å². The fourth-order valence-electron chi connectivity index (χ4n) is 5.40. The number of pyridine rings is 2. The van der Waals surface area contributed by atoms with Crippen molar-refractivity contribution < 1.29 is 4.74 Å². The summed E-state index contributed by atoms with van der Waals surface area (Å²) in [5.41, 5.74) is 5.74. The highest BCUT2D eigenvalue weighted by Crippen LogP contribution is 2.33. The zero-order valence-electron chi connectivity index (χ0n) is 18.3. The predicted molar refractivity (Wildman–Crippen MR) is 125 cm³/mol. The first-order valence-electron chi connectivity index (χ1n) is 11.6. The molecular formula is C26H31N3O2. The molecule has 0 atom stereocenters. The van der Waals surface area contributed by atoms with E-state index in [9.17, 15) is 4.79 Å². The molecule has 2 aliphatic carbocycles. The second-order valence-electron chi connectivity index (χ2n) is 9.03. The summed E-state index contributed by atoms with van der Waals surface area (Å²) in [6, 6.07) is 12.8. The molecule has 2 aliphatic rings. The van der Waals surface area contributed by atoms with Gasteiger partial charge in [-0.3, -0.25) is 4.79 Å². The van der Waals surface area contributed by atoms with E-state index in [1.807, 2.05) is 18.3 Å². The molecule has 2 heterocycles. The van der Waals surface area contributed by atoms with Crippen molar-refractivity contribution in [3.05, 3.63) is 69.6 Å². The summed E-state index contributed by atoms with van der Waals surface area (Å²) < 4.78 is 7.60. The fourth-order valence-corrected chi connectivity index (χ4v) is 5.40. The third-order valence-corrected chi connectivity index (χ3v) is 6.94. The van der Waals surface area contributed by atoms with Crippen LogP contribution < -0.4 is 10.7 Å². The highest BCUT2D eigenvalue weighted by atomic mass is 16.5. The Kier molecular flexibility index (Phi) is 5.77. The average Bonchev–Trinajstić information content (AvgIpc) is 3.21. The van der Waals surface area contributed by atoms with Crippen LogP contribution in [0.2, 0.25) is 0 Å². The van der Waals surface area contributed by atoms with Crippen LogP contribution in [0.25, 0.3) is 11.0 Å². The molecule has 0 saturated heterocycles. The molecule has 31 heavy (non-hydrogen) atoms. The third-order valence-electron chi connectivity index (χ3n) is 6.94. The number of anilines is 1. The van der Waals surface area contributed by atoms with Crippen molar-refractivity contribution in [3.63, 3.8) is 0 Å². The molecule has 5 rings (SSSR count). The lowest BCUT2D eigenvalue weighted by Crippen LogP contribution is -2.22. The molecule has 5 heteroatoms. The van der Waals surface area contributed by atoms with Gasteiger partial charge in [-0.1, -0.05) is 43.5 Å². The van der Waals surface area contributed by atoms with E-state index >= 15 is 0 Å². The molecule has 1 saturated carbocycles. The molecule has 0 amide bonds. The van der Waals surface area contributed by atoms with E-state index in [1.54, 1.807) is 7.11 Å². The zero-order valence-corrected chi connectivity index (χ0v) is 18.3. The molecule has 2 aromatic heterocycles. The van der Waals surface area contributed by atoms with E-state index in [-0.39, 0.29) is 5.43 Å². The van der Waals surface area contributed by atoms with Gasteiger partial charge < -0.3 is 14.6 Å². The highest BCUT2D eigenvalue weighted by molar-refractivity contribution is 5.79. The maximum atomic E-state index is 13.1. The zero-order chi connectivity index (χ0) is 21.2. The van der Waals surface area contributed by atoms with E-state index in [0.717, 1.165) is 49.3 Å². The standard InChI is InChI=1S/C26H31N3O2/c1-31-12-11-29-24(18-7-3-2-4-8-18)16-25(30)23-15-22(17-27-26(23)29)28-21-13-19-9-5-6-10-20(19)14-21/h5-6,9-10,15-18,21,28H,2-4,7-8,11-14H2,1H3. The largest absolute Gasteiger partial charge is 0.383 e. The number of ether oxygens (including phenoxy) is 1. The molecule has 1 aromatic carbocycles. The summed E-state index contributed by atoms with van der Waals surface area (Å²) in [7, 11) is 1.72. The Morgan fingerprint density at radius 1 is 1.10 bits per heavy atom. The van der Waals surface area contributed by atoms with Gasteiger partial charge in [0.05, 0.1) is 23.9 Å². The lowest BCUT2D eigenvalue weighted by molar-refractivity contribution is 0.186. The van der Waals surface area contributed by atoms with Gasteiger partial charge in [-0.05, 0) is 48.8 Å². The molecule has 162 valence electrons. The van der Waals surface area contributed by atoms with Crippen molar-refractivity contribution >= 4 is 16.7 Å². The molecule has 0 bridgehead atoms. The number of hydrogen-bond acceptors (Lipinski definition) is 4. The highest BCUT2D eigenvalue weighted by Gasteiger charge is 2.23. The maximum Gasteiger partial charge on any atom is 0.191 e. The molecule has 3 aromatic rings. The smallest absolute Gasteiger partial charge is 0.191 e. The van der Waals surface area contributed by atoms with Crippen LogP contribution in [-0.2, 0) is 24.1 Å². The number of hydrogen-bond donors (Lipinski definition) is 1. The Balaban J connectivity index is 1.47. The van der Waals surface area contributed by atoms with Gasteiger partial charge in [-0.25, -0.2) is 4.98 Å². The van der Waals surface area contributed by atoms with Crippen LogP contribution in [0, 0.1) is 0 Å². The van der Waals surface area contributed by atoms with Crippen LogP contribution in [0.15, 0.2) is 47.4 Å². The number of fused-ring (bicyclic) bond motifs is 2.